The van der Waals surface area contributed by atoms with Crippen molar-refractivity contribution in [2.45, 2.75) is 11.5 Å². The van der Waals surface area contributed by atoms with Crippen LogP contribution in [0.5, 0.6) is 5.75 Å². The minimum absolute atomic E-state index is 0.0629. The molecular formula is C22H21N5O3S. The number of benzene rings is 1. The molecule has 2 aliphatic rings. The predicted molar refractivity (Wildman–Crippen MR) is 117 cm³/mol. The van der Waals surface area contributed by atoms with E-state index in [4.69, 9.17) is 4.74 Å². The zero-order valence-corrected chi connectivity index (χ0v) is 17.5. The van der Waals surface area contributed by atoms with Gasteiger partial charge in [-0.25, -0.2) is 4.79 Å². The fourth-order valence-corrected chi connectivity index (χ4v) is 4.34. The molecule has 2 fully saturated rings. The van der Waals surface area contributed by atoms with Crippen LogP contribution in [0.2, 0.25) is 0 Å². The number of anilines is 1. The van der Waals surface area contributed by atoms with Gasteiger partial charge in [-0.2, -0.15) is 0 Å². The third-order valence-corrected chi connectivity index (χ3v) is 6.41. The number of Topliss-reactive ketones (excluding diaryl/α,β-unsaturated/α-hetero) is 1. The van der Waals surface area contributed by atoms with Gasteiger partial charge in [-0.15, -0.1) is 11.3 Å². The van der Waals surface area contributed by atoms with Gasteiger partial charge in [0.15, 0.2) is 5.60 Å². The van der Waals surface area contributed by atoms with Gasteiger partial charge in [0, 0.05) is 56.4 Å². The molecule has 31 heavy (non-hydrogen) atoms. The highest BCUT2D eigenvalue weighted by atomic mass is 32.1. The fourth-order valence-electron chi connectivity index (χ4n) is 3.69. The normalized spacial score (nSPS) is 17.4. The minimum atomic E-state index is -0.907. The molecule has 9 heteroatoms. The Balaban J connectivity index is 1.17. The van der Waals surface area contributed by atoms with Gasteiger partial charge in [0.2, 0.25) is 5.78 Å². The number of rotatable bonds is 6. The Morgan fingerprint density at radius 2 is 1.94 bits per heavy atom. The van der Waals surface area contributed by atoms with E-state index in [0.717, 1.165) is 5.56 Å². The molecule has 2 aliphatic heterocycles. The van der Waals surface area contributed by atoms with Gasteiger partial charge in [0.05, 0.1) is 10.4 Å². The van der Waals surface area contributed by atoms with E-state index >= 15 is 0 Å². The molecule has 0 bridgehead atoms. The minimum Gasteiger partial charge on any atom is -0.476 e. The van der Waals surface area contributed by atoms with E-state index < -0.39 is 5.60 Å². The number of carbonyl (C=O) groups is 2. The molecule has 4 heterocycles. The molecule has 0 aliphatic carbocycles. The first-order valence-electron chi connectivity index (χ1n) is 10.0. The number of pyridine rings is 1. The molecule has 2 N–H and O–H groups in total. The molecule has 158 valence electrons. The highest BCUT2D eigenvalue weighted by Gasteiger charge is 2.47. The van der Waals surface area contributed by atoms with Crippen molar-refractivity contribution in [3.63, 3.8) is 0 Å². The van der Waals surface area contributed by atoms with Gasteiger partial charge in [-0.3, -0.25) is 14.8 Å². The van der Waals surface area contributed by atoms with E-state index in [9.17, 15) is 9.59 Å². The van der Waals surface area contributed by atoms with Crippen molar-refractivity contribution < 1.29 is 14.3 Å². The van der Waals surface area contributed by atoms with E-state index in [-0.39, 0.29) is 11.8 Å². The molecule has 0 radical (unpaired) electrons. The molecule has 8 nitrogen and oxygen atoms in total. The summed E-state index contributed by atoms with van der Waals surface area (Å²) in [5.41, 5.74) is 2.56. The van der Waals surface area contributed by atoms with E-state index in [1.807, 2.05) is 18.3 Å². The van der Waals surface area contributed by atoms with E-state index in [0.29, 0.717) is 48.4 Å². The van der Waals surface area contributed by atoms with Crippen LogP contribution >= 0.6 is 11.3 Å². The summed E-state index contributed by atoms with van der Waals surface area (Å²) >= 11 is 1.31. The van der Waals surface area contributed by atoms with Crippen molar-refractivity contribution in [1.82, 2.24) is 20.2 Å². The van der Waals surface area contributed by atoms with E-state index in [1.54, 1.807) is 47.1 Å². The van der Waals surface area contributed by atoms with Crippen LogP contribution in [0.25, 0.3) is 0 Å². The van der Waals surface area contributed by atoms with Crippen LogP contribution in [0.1, 0.15) is 21.2 Å². The SMILES string of the molecule is O=C(Nc1ccc(OC2(C(=O)c3cncs3)CNC2)cc1)N1CC(c2cccnc2)C1. The third kappa shape index (κ3) is 3.89. The third-order valence-electron chi connectivity index (χ3n) is 5.63. The second-order valence-electron chi connectivity index (χ2n) is 7.74. The molecular weight excluding hydrogens is 414 g/mol. The van der Waals surface area contributed by atoms with Gasteiger partial charge in [0.1, 0.15) is 5.75 Å². The number of amides is 2. The summed E-state index contributed by atoms with van der Waals surface area (Å²) in [6, 6.07) is 10.9. The Hall–Kier alpha value is -3.30. The van der Waals surface area contributed by atoms with Gasteiger partial charge < -0.3 is 20.3 Å². The Bertz CT molecular complexity index is 1060. The molecule has 5 rings (SSSR count). The van der Waals surface area contributed by atoms with Crippen LogP contribution in [0.15, 0.2) is 60.5 Å². The Morgan fingerprint density at radius 1 is 1.13 bits per heavy atom. The predicted octanol–water partition coefficient (Wildman–Crippen LogP) is 2.77. The summed E-state index contributed by atoms with van der Waals surface area (Å²) in [7, 11) is 0. The van der Waals surface area contributed by atoms with E-state index in [2.05, 4.69) is 20.6 Å². The number of hydrogen-bond donors (Lipinski definition) is 2. The molecule has 1 aromatic carbocycles. The van der Waals surface area contributed by atoms with Crippen LogP contribution in [-0.2, 0) is 0 Å². The van der Waals surface area contributed by atoms with Crippen LogP contribution in [-0.4, -0.2) is 58.5 Å². The molecule has 2 aromatic heterocycles. The molecule has 3 aromatic rings. The zero-order chi connectivity index (χ0) is 21.3. The Labute approximate surface area is 183 Å². The number of nitrogens with one attached hydrogen (secondary N) is 2. The lowest BCUT2D eigenvalue weighted by molar-refractivity contribution is 0.0196. The number of likely N-dealkylation sites (tertiary alicyclic amines) is 1. The highest BCUT2D eigenvalue weighted by molar-refractivity contribution is 7.11. The van der Waals surface area contributed by atoms with Crippen LogP contribution in [0.3, 0.4) is 0 Å². The quantitative estimate of drug-likeness (QED) is 0.578. The van der Waals surface area contributed by atoms with E-state index in [1.165, 1.54) is 11.3 Å². The number of thiazole rings is 1. The first kappa shape index (κ1) is 19.7. The second kappa shape index (κ2) is 8.09. The molecule has 2 amide bonds. The largest absolute Gasteiger partial charge is 0.476 e. The van der Waals surface area contributed by atoms with Gasteiger partial charge in [0.25, 0.3) is 0 Å². The van der Waals surface area contributed by atoms with Crippen molar-refractivity contribution in [3.8, 4) is 5.75 Å². The van der Waals surface area contributed by atoms with Crippen molar-refractivity contribution >= 4 is 28.8 Å². The monoisotopic (exact) mass is 435 g/mol. The van der Waals surface area contributed by atoms with Crippen molar-refractivity contribution in [1.29, 1.82) is 0 Å². The number of nitrogens with zero attached hydrogens (tertiary/aromatic N) is 3. The Kier molecular flexibility index (Phi) is 5.13. The molecule has 2 saturated heterocycles. The van der Waals surface area contributed by atoms with Gasteiger partial charge >= 0.3 is 6.03 Å². The van der Waals surface area contributed by atoms with Crippen molar-refractivity contribution in [2.75, 3.05) is 31.5 Å². The summed E-state index contributed by atoms with van der Waals surface area (Å²) in [6.07, 6.45) is 5.17. The van der Waals surface area contributed by atoms with Crippen LogP contribution in [0, 0.1) is 0 Å². The number of hydrogen-bond acceptors (Lipinski definition) is 7. The average Bonchev–Trinajstić information content (AvgIpc) is 3.26. The molecule has 0 atom stereocenters. The number of carbonyl (C=O) groups excluding carboxylic acids is 2. The molecule has 0 saturated carbocycles. The number of ketones is 1. The number of aromatic nitrogens is 2. The fraction of sp³-hybridized carbons (Fsp3) is 0.273. The average molecular weight is 436 g/mol. The number of urea groups is 1. The summed E-state index contributed by atoms with van der Waals surface area (Å²) in [6.45, 7) is 2.26. The zero-order valence-electron chi connectivity index (χ0n) is 16.7. The van der Waals surface area contributed by atoms with Gasteiger partial charge in [-0.05, 0) is 35.9 Å². The van der Waals surface area contributed by atoms with Crippen molar-refractivity contribution in [2.24, 2.45) is 0 Å². The summed E-state index contributed by atoms with van der Waals surface area (Å²) in [5, 5.41) is 6.02. The first-order chi connectivity index (χ1) is 15.1. The summed E-state index contributed by atoms with van der Waals surface area (Å²) in [5.74, 6) is 0.851. The lowest BCUT2D eigenvalue weighted by Crippen LogP contribution is -2.67. The molecule has 0 spiro atoms. The Morgan fingerprint density at radius 3 is 2.55 bits per heavy atom. The lowest BCUT2D eigenvalue weighted by Gasteiger charge is -2.40. The maximum atomic E-state index is 12.8. The van der Waals surface area contributed by atoms with Crippen LogP contribution in [0.4, 0.5) is 10.5 Å². The first-order valence-corrected chi connectivity index (χ1v) is 10.9. The standard InChI is InChI=1S/C22H21N5O3S/c28-20(19-9-24-14-31-19)22(12-25-13-22)30-18-5-3-17(4-6-18)26-21(29)27-10-16(11-27)15-2-1-7-23-8-15/h1-9,14,16,25H,10-13H2,(H,26,29). The summed E-state index contributed by atoms with van der Waals surface area (Å²) in [4.78, 5) is 35.8. The second-order valence-corrected chi connectivity index (χ2v) is 8.62. The van der Waals surface area contributed by atoms with Crippen LogP contribution < -0.4 is 15.4 Å². The molecule has 0 unspecified atom stereocenters. The number of ether oxygens (including phenoxy) is 1. The smallest absolute Gasteiger partial charge is 0.321 e. The van der Waals surface area contributed by atoms with Gasteiger partial charge in [-0.1, -0.05) is 6.07 Å². The van der Waals surface area contributed by atoms with Crippen molar-refractivity contribution in [3.05, 3.63) is 70.9 Å². The lowest BCUT2D eigenvalue weighted by atomic mass is 9.90. The summed E-state index contributed by atoms with van der Waals surface area (Å²) < 4.78 is 6.06. The maximum absolute atomic E-state index is 12.8. The topological polar surface area (TPSA) is 96.4 Å². The highest BCUT2D eigenvalue weighted by Crippen LogP contribution is 2.29. The maximum Gasteiger partial charge on any atom is 0.321 e.